The van der Waals surface area contributed by atoms with E-state index in [0.717, 1.165) is 26.2 Å². The number of aromatic nitrogens is 2. The van der Waals surface area contributed by atoms with Crippen molar-refractivity contribution in [3.63, 3.8) is 0 Å². The molecule has 0 radical (unpaired) electrons. The number of carbonyl (C=O) groups excluding carboxylic acids is 1. The van der Waals surface area contributed by atoms with Crippen LogP contribution in [0.4, 0.5) is 0 Å². The lowest BCUT2D eigenvalue weighted by molar-refractivity contribution is 0.0716. The van der Waals surface area contributed by atoms with Crippen molar-refractivity contribution in [3.05, 3.63) is 11.7 Å². The summed E-state index contributed by atoms with van der Waals surface area (Å²) >= 11 is 0. The van der Waals surface area contributed by atoms with Crippen molar-refractivity contribution >= 4 is 5.91 Å². The van der Waals surface area contributed by atoms with Crippen molar-refractivity contribution < 1.29 is 9.32 Å². The lowest BCUT2D eigenvalue weighted by Gasteiger charge is -2.23. The van der Waals surface area contributed by atoms with Gasteiger partial charge in [0.15, 0.2) is 5.82 Å². The number of fused-ring (bicyclic) bond motifs is 1. The average molecular weight is 264 g/mol. The van der Waals surface area contributed by atoms with Gasteiger partial charge in [-0.05, 0) is 13.0 Å². The van der Waals surface area contributed by atoms with Gasteiger partial charge in [-0.15, -0.1) is 0 Å². The van der Waals surface area contributed by atoms with E-state index in [2.05, 4.69) is 29.0 Å². The van der Waals surface area contributed by atoms with E-state index in [0.29, 0.717) is 18.2 Å². The first-order chi connectivity index (χ1) is 9.01. The summed E-state index contributed by atoms with van der Waals surface area (Å²) < 4.78 is 5.04. The molecule has 0 bridgehead atoms. The van der Waals surface area contributed by atoms with E-state index in [1.165, 1.54) is 0 Å². The van der Waals surface area contributed by atoms with Gasteiger partial charge in [0, 0.05) is 38.0 Å². The molecule has 6 heteroatoms. The standard InChI is InChI=1S/C13H20N4O2/c1-4-10-14-11(19-15-10)12(18)17-6-9-5-16(3)7-13(9,2)8-17/h9H,4-8H2,1-3H3/t9-,13+/m0/s1. The van der Waals surface area contributed by atoms with E-state index >= 15 is 0 Å². The molecule has 1 amide bonds. The van der Waals surface area contributed by atoms with Crippen LogP contribution in [0.15, 0.2) is 4.52 Å². The average Bonchev–Trinajstić information content (AvgIpc) is 2.99. The maximum absolute atomic E-state index is 12.3. The monoisotopic (exact) mass is 264 g/mol. The molecule has 3 heterocycles. The lowest BCUT2D eigenvalue weighted by Crippen LogP contribution is -2.34. The summed E-state index contributed by atoms with van der Waals surface area (Å²) in [4.78, 5) is 20.7. The van der Waals surface area contributed by atoms with Crippen LogP contribution in [-0.4, -0.2) is 59.1 Å². The second-order valence-corrected chi connectivity index (χ2v) is 6.10. The van der Waals surface area contributed by atoms with Crippen LogP contribution in [-0.2, 0) is 6.42 Å². The largest absolute Gasteiger partial charge is 0.333 e. The second kappa shape index (κ2) is 4.30. The van der Waals surface area contributed by atoms with E-state index in [4.69, 9.17) is 4.52 Å². The van der Waals surface area contributed by atoms with Crippen LogP contribution < -0.4 is 0 Å². The first-order valence-corrected chi connectivity index (χ1v) is 6.82. The molecule has 0 N–H and O–H groups in total. The first-order valence-electron chi connectivity index (χ1n) is 6.82. The van der Waals surface area contributed by atoms with Gasteiger partial charge >= 0.3 is 11.8 Å². The lowest BCUT2D eigenvalue weighted by atomic mass is 9.83. The fourth-order valence-corrected chi connectivity index (χ4v) is 3.41. The number of aryl methyl sites for hydroxylation is 1. The summed E-state index contributed by atoms with van der Waals surface area (Å²) in [5.41, 5.74) is 0.206. The molecule has 0 aromatic carbocycles. The van der Waals surface area contributed by atoms with Crippen molar-refractivity contribution in [3.8, 4) is 0 Å². The van der Waals surface area contributed by atoms with Crippen LogP contribution in [0.2, 0.25) is 0 Å². The van der Waals surface area contributed by atoms with Gasteiger partial charge in [-0.1, -0.05) is 19.0 Å². The number of carbonyl (C=O) groups is 1. The quantitative estimate of drug-likeness (QED) is 0.785. The highest BCUT2D eigenvalue weighted by Gasteiger charge is 2.50. The molecule has 104 valence electrons. The number of hydrogen-bond donors (Lipinski definition) is 0. The van der Waals surface area contributed by atoms with Gasteiger partial charge < -0.3 is 14.3 Å². The molecule has 2 aliphatic rings. The molecular formula is C13H20N4O2. The molecule has 2 saturated heterocycles. The van der Waals surface area contributed by atoms with Crippen LogP contribution in [0.25, 0.3) is 0 Å². The molecule has 0 spiro atoms. The third-order valence-corrected chi connectivity index (χ3v) is 4.40. The maximum atomic E-state index is 12.3. The van der Waals surface area contributed by atoms with E-state index in [1.807, 2.05) is 11.8 Å². The zero-order valence-corrected chi connectivity index (χ0v) is 11.7. The third-order valence-electron chi connectivity index (χ3n) is 4.40. The molecule has 6 nitrogen and oxygen atoms in total. The Kier molecular flexibility index (Phi) is 2.85. The molecule has 1 aromatic heterocycles. The second-order valence-electron chi connectivity index (χ2n) is 6.10. The summed E-state index contributed by atoms with van der Waals surface area (Å²) in [5, 5.41) is 3.79. The minimum atomic E-state index is -0.120. The van der Waals surface area contributed by atoms with Gasteiger partial charge in [0.2, 0.25) is 0 Å². The van der Waals surface area contributed by atoms with Crippen molar-refractivity contribution in [2.45, 2.75) is 20.3 Å². The van der Waals surface area contributed by atoms with Crippen molar-refractivity contribution in [1.29, 1.82) is 0 Å². The first kappa shape index (κ1) is 12.6. The van der Waals surface area contributed by atoms with Crippen LogP contribution in [0.5, 0.6) is 0 Å². The Balaban J connectivity index is 1.73. The van der Waals surface area contributed by atoms with E-state index in [1.54, 1.807) is 0 Å². The molecule has 3 rings (SSSR count). The van der Waals surface area contributed by atoms with Gasteiger partial charge in [0.05, 0.1) is 0 Å². The normalized spacial score (nSPS) is 30.9. The van der Waals surface area contributed by atoms with E-state index in [9.17, 15) is 4.79 Å². The Morgan fingerprint density at radius 1 is 1.47 bits per heavy atom. The van der Waals surface area contributed by atoms with Gasteiger partial charge in [-0.25, -0.2) is 0 Å². The minimum Gasteiger partial charge on any atom is -0.333 e. The summed E-state index contributed by atoms with van der Waals surface area (Å²) in [7, 11) is 2.14. The Labute approximate surface area is 112 Å². The number of likely N-dealkylation sites (tertiary alicyclic amines) is 2. The molecule has 2 fully saturated rings. The molecular weight excluding hydrogens is 244 g/mol. The zero-order valence-electron chi connectivity index (χ0n) is 11.7. The summed E-state index contributed by atoms with van der Waals surface area (Å²) in [6, 6.07) is 0. The Bertz CT molecular complexity index is 501. The highest BCUT2D eigenvalue weighted by Crippen LogP contribution is 2.41. The summed E-state index contributed by atoms with van der Waals surface area (Å²) in [6.07, 6.45) is 0.682. The Morgan fingerprint density at radius 3 is 2.89 bits per heavy atom. The van der Waals surface area contributed by atoms with Crippen molar-refractivity contribution in [2.75, 3.05) is 33.2 Å². The third kappa shape index (κ3) is 2.04. The van der Waals surface area contributed by atoms with Gasteiger partial charge in [0.1, 0.15) is 0 Å². The Morgan fingerprint density at radius 2 is 2.26 bits per heavy atom. The van der Waals surface area contributed by atoms with Crippen LogP contribution in [0.3, 0.4) is 0 Å². The number of nitrogens with zero attached hydrogens (tertiary/aromatic N) is 4. The minimum absolute atomic E-state index is 0.120. The van der Waals surface area contributed by atoms with Gasteiger partial charge in [-0.2, -0.15) is 4.98 Å². The molecule has 2 aliphatic heterocycles. The molecule has 0 saturated carbocycles. The molecule has 0 unspecified atom stereocenters. The SMILES string of the molecule is CCc1noc(C(=O)N2C[C@@H]3CN(C)C[C@]3(C)C2)n1. The molecule has 0 aliphatic carbocycles. The highest BCUT2D eigenvalue weighted by molar-refractivity contribution is 5.89. The smallest absolute Gasteiger partial charge is 0.316 e. The van der Waals surface area contributed by atoms with Gasteiger partial charge in [0.25, 0.3) is 0 Å². The fraction of sp³-hybridized carbons (Fsp3) is 0.769. The number of rotatable bonds is 2. The predicted octanol–water partition coefficient (Wildman–Crippen LogP) is 0.656. The zero-order chi connectivity index (χ0) is 13.6. The number of amides is 1. The Hall–Kier alpha value is -1.43. The summed E-state index contributed by atoms with van der Waals surface area (Å²) in [5.74, 6) is 1.16. The van der Waals surface area contributed by atoms with Crippen molar-refractivity contribution in [1.82, 2.24) is 19.9 Å². The molecule has 2 atom stereocenters. The van der Waals surface area contributed by atoms with Crippen LogP contribution in [0, 0.1) is 11.3 Å². The fourth-order valence-electron chi connectivity index (χ4n) is 3.41. The molecule has 1 aromatic rings. The van der Waals surface area contributed by atoms with Crippen molar-refractivity contribution in [2.24, 2.45) is 11.3 Å². The van der Waals surface area contributed by atoms with Crippen LogP contribution >= 0.6 is 0 Å². The number of hydrogen-bond acceptors (Lipinski definition) is 5. The highest BCUT2D eigenvalue weighted by atomic mass is 16.5. The van der Waals surface area contributed by atoms with E-state index in [-0.39, 0.29) is 17.2 Å². The molecule has 19 heavy (non-hydrogen) atoms. The van der Waals surface area contributed by atoms with Crippen LogP contribution in [0.1, 0.15) is 30.4 Å². The van der Waals surface area contributed by atoms with E-state index < -0.39 is 0 Å². The summed E-state index contributed by atoms with van der Waals surface area (Å²) in [6.45, 7) is 7.89. The van der Waals surface area contributed by atoms with Gasteiger partial charge in [-0.3, -0.25) is 4.79 Å². The maximum Gasteiger partial charge on any atom is 0.316 e. The predicted molar refractivity (Wildman–Crippen MR) is 68.7 cm³/mol. The topological polar surface area (TPSA) is 62.5 Å².